The van der Waals surface area contributed by atoms with Crippen molar-refractivity contribution in [1.82, 2.24) is 19.7 Å². The van der Waals surface area contributed by atoms with Crippen molar-refractivity contribution in [1.29, 1.82) is 0 Å². The average Bonchev–Trinajstić information content (AvgIpc) is 3.33. The van der Waals surface area contributed by atoms with Gasteiger partial charge in [0.15, 0.2) is 0 Å². The quantitative estimate of drug-likeness (QED) is 0.404. The van der Waals surface area contributed by atoms with Crippen molar-refractivity contribution in [3.8, 4) is 0 Å². The molecular weight excluding hydrogens is 453 g/mol. The number of aryl methyl sites for hydroxylation is 1. The zero-order valence-electron chi connectivity index (χ0n) is 18.0. The molecule has 2 aromatic heterocycles. The maximum absolute atomic E-state index is 5.14. The van der Waals surface area contributed by atoms with Gasteiger partial charge in [0.25, 0.3) is 0 Å². The van der Waals surface area contributed by atoms with Gasteiger partial charge in [-0.05, 0) is 0 Å². The molecule has 0 aromatic carbocycles. The van der Waals surface area contributed by atoms with E-state index in [1.165, 1.54) is 67.7 Å². The number of hydrogen-bond acceptors (Lipinski definition) is 4. The Bertz CT molecular complexity index is 721. The Labute approximate surface area is 174 Å². The molecule has 1 N–H and O–H groups in total. The topological polar surface area (TPSA) is 55.6 Å². The van der Waals surface area contributed by atoms with Gasteiger partial charge in [0, 0.05) is 0 Å². The molecule has 154 valence electrons. The van der Waals surface area contributed by atoms with Gasteiger partial charge in [0.1, 0.15) is 0 Å². The van der Waals surface area contributed by atoms with Crippen LogP contribution in [-0.4, -0.2) is 38.1 Å². The van der Waals surface area contributed by atoms with Crippen LogP contribution in [0.2, 0.25) is 13.3 Å². The Kier molecular flexibility index (Phi) is 8.18. The normalized spacial score (nSPS) is 13.7. The summed E-state index contributed by atoms with van der Waals surface area (Å²) in [5.41, 5.74) is 2.39. The summed E-state index contributed by atoms with van der Waals surface area (Å²) in [6.45, 7) is 8.00. The number of nitrogens with zero attached hydrogens (tertiary/aromatic N) is 4. The van der Waals surface area contributed by atoms with Crippen molar-refractivity contribution in [3.05, 3.63) is 24.2 Å². The zero-order chi connectivity index (χ0) is 19.8. The van der Waals surface area contributed by atoms with Crippen molar-refractivity contribution in [3.63, 3.8) is 0 Å². The second-order valence-corrected chi connectivity index (χ2v) is 21.4. The average molecular weight is 490 g/mol. The molecule has 0 atom stereocenters. The predicted molar refractivity (Wildman–Crippen MR) is 120 cm³/mol. The minimum absolute atomic E-state index is 0.769. The second-order valence-electron chi connectivity index (χ2n) is 8.31. The van der Waals surface area contributed by atoms with Crippen LogP contribution in [0.3, 0.4) is 0 Å². The van der Waals surface area contributed by atoms with Gasteiger partial charge >= 0.3 is 175 Å². The third-order valence-electron chi connectivity index (χ3n) is 6.20. The summed E-state index contributed by atoms with van der Waals surface area (Å²) in [4.78, 5) is 9.71. The fourth-order valence-corrected chi connectivity index (χ4v) is 19.9. The molecule has 3 rings (SSSR count). The summed E-state index contributed by atoms with van der Waals surface area (Å²) in [5, 5.41) is 7.99. The van der Waals surface area contributed by atoms with Gasteiger partial charge in [-0.3, -0.25) is 0 Å². The van der Waals surface area contributed by atoms with Crippen molar-refractivity contribution >= 4 is 33.7 Å². The van der Waals surface area contributed by atoms with Crippen molar-refractivity contribution in [2.75, 3.05) is 5.32 Å². The number of rotatable bonds is 12. The number of aromatic nitrogens is 4. The molecule has 1 aliphatic heterocycles. The Morgan fingerprint density at radius 2 is 1.71 bits per heavy atom. The Morgan fingerprint density at radius 3 is 2.36 bits per heavy atom. The molecule has 0 bridgehead atoms. The van der Waals surface area contributed by atoms with E-state index in [0.29, 0.717) is 0 Å². The minimum atomic E-state index is -2.51. The molecule has 2 aromatic rings. The van der Waals surface area contributed by atoms with Gasteiger partial charge in [0.05, 0.1) is 0 Å². The van der Waals surface area contributed by atoms with Gasteiger partial charge in [-0.15, -0.1) is 0 Å². The number of nitrogens with one attached hydrogen (secondary N) is 1. The van der Waals surface area contributed by atoms with Crippen LogP contribution in [0, 0.1) is 0 Å². The Balaban J connectivity index is 1.87. The van der Waals surface area contributed by atoms with Crippen LogP contribution < -0.4 is 9.03 Å². The van der Waals surface area contributed by atoms with Crippen LogP contribution >= 0.6 is 0 Å². The summed E-state index contributed by atoms with van der Waals surface area (Å²) >= 11 is -2.51. The van der Waals surface area contributed by atoms with E-state index in [1.807, 2.05) is 12.4 Å². The van der Waals surface area contributed by atoms with E-state index in [9.17, 15) is 0 Å². The molecule has 28 heavy (non-hydrogen) atoms. The molecular formula is C22H37N5Sn. The van der Waals surface area contributed by atoms with Gasteiger partial charge in [-0.1, -0.05) is 0 Å². The molecule has 5 nitrogen and oxygen atoms in total. The third kappa shape index (κ3) is 5.08. The van der Waals surface area contributed by atoms with Gasteiger partial charge in [-0.25, -0.2) is 0 Å². The molecule has 0 amide bonds. The maximum atomic E-state index is 5.14. The molecule has 6 heteroatoms. The van der Waals surface area contributed by atoms with E-state index in [-0.39, 0.29) is 0 Å². The van der Waals surface area contributed by atoms with Crippen LogP contribution in [0.25, 0.3) is 0 Å². The van der Waals surface area contributed by atoms with Crippen molar-refractivity contribution in [2.45, 2.75) is 92.0 Å². The molecule has 3 heterocycles. The van der Waals surface area contributed by atoms with Crippen LogP contribution in [0.4, 0.5) is 11.6 Å². The van der Waals surface area contributed by atoms with E-state index in [4.69, 9.17) is 4.98 Å². The van der Waals surface area contributed by atoms with Gasteiger partial charge < -0.3 is 0 Å². The Morgan fingerprint density at radius 1 is 1.04 bits per heavy atom. The number of anilines is 2. The summed E-state index contributed by atoms with van der Waals surface area (Å²) in [5.74, 6) is 0.769. The van der Waals surface area contributed by atoms with E-state index < -0.39 is 18.4 Å². The first-order valence-electron chi connectivity index (χ1n) is 11.4. The summed E-state index contributed by atoms with van der Waals surface area (Å²) in [7, 11) is 0. The van der Waals surface area contributed by atoms with Gasteiger partial charge in [0.2, 0.25) is 0 Å². The van der Waals surface area contributed by atoms with E-state index in [1.54, 1.807) is 0 Å². The fraction of sp³-hybridized carbons (Fsp3) is 0.682. The first-order valence-corrected chi connectivity index (χ1v) is 18.9. The first-order chi connectivity index (χ1) is 13.7. The number of unbranched alkanes of at least 4 members (excludes halogenated alkanes) is 3. The molecule has 0 unspecified atom stereocenters. The second kappa shape index (κ2) is 10.6. The fourth-order valence-electron chi connectivity index (χ4n) is 4.51. The summed E-state index contributed by atoms with van der Waals surface area (Å²) < 4.78 is 7.85. The summed E-state index contributed by atoms with van der Waals surface area (Å²) in [6, 6.07) is 2.25. The van der Waals surface area contributed by atoms with Gasteiger partial charge in [-0.2, -0.15) is 0 Å². The Hall–Kier alpha value is -1.11. The van der Waals surface area contributed by atoms with E-state index >= 15 is 0 Å². The first kappa shape index (κ1) is 21.6. The van der Waals surface area contributed by atoms with Crippen molar-refractivity contribution in [2.24, 2.45) is 0 Å². The molecule has 0 aliphatic carbocycles. The number of hydrogen-bond donors (Lipinski definition) is 1. The van der Waals surface area contributed by atoms with Crippen LogP contribution in [0.15, 0.2) is 18.5 Å². The van der Waals surface area contributed by atoms with E-state index in [2.05, 4.69) is 46.9 Å². The zero-order valence-corrected chi connectivity index (χ0v) is 20.9. The molecule has 0 saturated carbocycles. The predicted octanol–water partition coefficient (Wildman–Crippen LogP) is 5.42. The SMILES string of the molecule is CCC[CH2][Sn]([CH2]CCC)([CH2]CCC)[c]1ccnc(Nc2cnn3c2CCC3)n1. The number of fused-ring (bicyclic) bond motifs is 1. The molecule has 0 spiro atoms. The summed E-state index contributed by atoms with van der Waals surface area (Å²) in [6.07, 6.45) is 14.1. The molecule has 1 aliphatic rings. The van der Waals surface area contributed by atoms with Crippen LogP contribution in [0.5, 0.6) is 0 Å². The van der Waals surface area contributed by atoms with Crippen LogP contribution in [-0.2, 0) is 13.0 Å². The molecule has 0 radical (unpaired) electrons. The third-order valence-corrected chi connectivity index (χ3v) is 21.3. The standard InChI is InChI=1S/C10H10N5.3C4H9.Sn/c1-3-9-8(7-13-15(9)6-1)14-10-11-4-2-5-12-10;3*1-3-4-2;/h2,4,7H,1,3,6H2,(H,11,12,14);3*1,3-4H2,2H3;. The molecule has 0 saturated heterocycles. The molecule has 0 fully saturated rings. The monoisotopic (exact) mass is 491 g/mol. The van der Waals surface area contributed by atoms with Crippen LogP contribution in [0.1, 0.15) is 71.4 Å². The van der Waals surface area contributed by atoms with Crippen molar-refractivity contribution < 1.29 is 0 Å². The van der Waals surface area contributed by atoms with E-state index in [0.717, 1.165) is 24.6 Å².